The number of hydrogen-bond acceptors (Lipinski definition) is 3. The SMILES string of the molecule is CN(C)C1(C2=CCCC2)CCC2(CC1)OCCO2. The molecule has 1 saturated heterocycles. The zero-order chi connectivity index (χ0) is 12.6. The van der Waals surface area contributed by atoms with E-state index in [1.807, 2.05) is 0 Å². The maximum Gasteiger partial charge on any atom is 0.168 e. The van der Waals surface area contributed by atoms with Gasteiger partial charge in [0.25, 0.3) is 0 Å². The minimum Gasteiger partial charge on any atom is -0.348 e. The average molecular weight is 251 g/mol. The Morgan fingerprint density at radius 1 is 1.06 bits per heavy atom. The first-order chi connectivity index (χ1) is 8.67. The number of allylic oxidation sites excluding steroid dienone is 1. The lowest BCUT2D eigenvalue weighted by Gasteiger charge is -2.48. The lowest BCUT2D eigenvalue weighted by Crippen LogP contribution is -2.52. The topological polar surface area (TPSA) is 21.7 Å². The van der Waals surface area contributed by atoms with Crippen LogP contribution >= 0.6 is 0 Å². The van der Waals surface area contributed by atoms with Gasteiger partial charge in [-0.05, 0) is 46.2 Å². The Labute approximate surface area is 110 Å². The lowest BCUT2D eigenvalue weighted by molar-refractivity contribution is -0.189. The van der Waals surface area contributed by atoms with Gasteiger partial charge in [-0.2, -0.15) is 0 Å². The third-order valence-electron chi connectivity index (χ3n) is 5.15. The van der Waals surface area contributed by atoms with E-state index in [0.717, 1.165) is 26.1 Å². The third kappa shape index (κ3) is 1.93. The summed E-state index contributed by atoms with van der Waals surface area (Å²) in [5.41, 5.74) is 1.94. The number of rotatable bonds is 2. The number of nitrogens with zero attached hydrogens (tertiary/aromatic N) is 1. The van der Waals surface area contributed by atoms with E-state index in [0.29, 0.717) is 0 Å². The molecule has 0 N–H and O–H groups in total. The molecular formula is C15H25NO2. The van der Waals surface area contributed by atoms with Crippen molar-refractivity contribution in [1.29, 1.82) is 0 Å². The van der Waals surface area contributed by atoms with Crippen molar-refractivity contribution < 1.29 is 9.47 Å². The monoisotopic (exact) mass is 251 g/mol. The summed E-state index contributed by atoms with van der Waals surface area (Å²) in [4.78, 5) is 2.44. The highest BCUT2D eigenvalue weighted by atomic mass is 16.7. The largest absolute Gasteiger partial charge is 0.348 e. The van der Waals surface area contributed by atoms with Crippen molar-refractivity contribution in [1.82, 2.24) is 4.90 Å². The van der Waals surface area contributed by atoms with Crippen LogP contribution in [0.5, 0.6) is 0 Å². The average Bonchev–Trinajstić information content (AvgIpc) is 3.02. The molecule has 0 atom stereocenters. The first-order valence-electron chi connectivity index (χ1n) is 7.32. The molecule has 3 nitrogen and oxygen atoms in total. The second-order valence-corrected chi connectivity index (χ2v) is 6.16. The molecule has 3 rings (SSSR count). The van der Waals surface area contributed by atoms with Crippen molar-refractivity contribution >= 4 is 0 Å². The normalized spacial score (nSPS) is 30.1. The van der Waals surface area contributed by atoms with Crippen molar-refractivity contribution in [3.63, 3.8) is 0 Å². The van der Waals surface area contributed by atoms with Crippen molar-refractivity contribution in [3.8, 4) is 0 Å². The molecule has 0 amide bonds. The smallest absolute Gasteiger partial charge is 0.168 e. The quantitative estimate of drug-likeness (QED) is 0.704. The molecule has 1 aliphatic heterocycles. The first kappa shape index (κ1) is 12.6. The molecule has 3 heteroatoms. The van der Waals surface area contributed by atoms with Crippen molar-refractivity contribution in [3.05, 3.63) is 11.6 Å². The minimum absolute atomic E-state index is 0.237. The van der Waals surface area contributed by atoms with E-state index in [-0.39, 0.29) is 11.3 Å². The Hall–Kier alpha value is -0.380. The fourth-order valence-corrected chi connectivity index (χ4v) is 3.98. The molecular weight excluding hydrogens is 226 g/mol. The predicted octanol–water partition coefficient (Wildman–Crippen LogP) is 2.71. The summed E-state index contributed by atoms with van der Waals surface area (Å²) in [6.45, 7) is 1.55. The molecule has 18 heavy (non-hydrogen) atoms. The van der Waals surface area contributed by atoms with Crippen LogP contribution in [-0.2, 0) is 9.47 Å². The molecule has 0 aromatic rings. The van der Waals surface area contributed by atoms with Crippen molar-refractivity contribution in [2.24, 2.45) is 0 Å². The van der Waals surface area contributed by atoms with Gasteiger partial charge in [-0.25, -0.2) is 0 Å². The van der Waals surface area contributed by atoms with Gasteiger partial charge in [-0.15, -0.1) is 0 Å². The Morgan fingerprint density at radius 3 is 2.22 bits per heavy atom. The number of likely N-dealkylation sites (N-methyl/N-ethyl adjacent to an activating group) is 1. The fraction of sp³-hybridized carbons (Fsp3) is 0.867. The molecule has 1 spiro atoms. The third-order valence-corrected chi connectivity index (χ3v) is 5.15. The molecule has 0 unspecified atom stereocenters. The van der Waals surface area contributed by atoms with Crippen LogP contribution in [0.3, 0.4) is 0 Å². The second-order valence-electron chi connectivity index (χ2n) is 6.16. The van der Waals surface area contributed by atoms with E-state index < -0.39 is 0 Å². The van der Waals surface area contributed by atoms with Gasteiger partial charge >= 0.3 is 0 Å². The highest BCUT2D eigenvalue weighted by Gasteiger charge is 2.48. The summed E-state index contributed by atoms with van der Waals surface area (Å²) in [6.07, 6.45) is 10.8. The van der Waals surface area contributed by atoms with Crippen LogP contribution in [-0.4, -0.2) is 43.5 Å². The van der Waals surface area contributed by atoms with E-state index in [1.165, 1.54) is 32.1 Å². The second kappa shape index (κ2) is 4.62. The highest BCUT2D eigenvalue weighted by molar-refractivity contribution is 5.25. The first-order valence-corrected chi connectivity index (χ1v) is 7.32. The molecule has 2 aliphatic carbocycles. The molecule has 0 radical (unpaired) electrons. The number of hydrogen-bond donors (Lipinski definition) is 0. The molecule has 0 bridgehead atoms. The van der Waals surface area contributed by atoms with E-state index in [4.69, 9.17) is 9.47 Å². The summed E-state index contributed by atoms with van der Waals surface area (Å²) >= 11 is 0. The van der Waals surface area contributed by atoms with Gasteiger partial charge in [0.2, 0.25) is 0 Å². The summed E-state index contributed by atoms with van der Waals surface area (Å²) < 4.78 is 11.7. The highest BCUT2D eigenvalue weighted by Crippen LogP contribution is 2.47. The van der Waals surface area contributed by atoms with Gasteiger partial charge < -0.3 is 9.47 Å². The molecule has 0 aromatic heterocycles. The van der Waals surface area contributed by atoms with Gasteiger partial charge in [0, 0.05) is 18.4 Å². The maximum absolute atomic E-state index is 5.86. The lowest BCUT2D eigenvalue weighted by atomic mass is 9.73. The van der Waals surface area contributed by atoms with E-state index in [1.54, 1.807) is 5.57 Å². The molecule has 0 aromatic carbocycles. The summed E-state index contributed by atoms with van der Waals surface area (Å²) in [5, 5.41) is 0. The van der Waals surface area contributed by atoms with Crippen molar-refractivity contribution in [2.45, 2.75) is 56.3 Å². The van der Waals surface area contributed by atoms with Gasteiger partial charge in [0.15, 0.2) is 5.79 Å². The zero-order valence-electron chi connectivity index (χ0n) is 11.7. The van der Waals surface area contributed by atoms with Gasteiger partial charge in [-0.3, -0.25) is 4.90 Å². The molecule has 1 heterocycles. The van der Waals surface area contributed by atoms with Crippen LogP contribution in [0.25, 0.3) is 0 Å². The molecule has 2 fully saturated rings. The maximum atomic E-state index is 5.86. The van der Waals surface area contributed by atoms with Crippen LogP contribution in [0.15, 0.2) is 11.6 Å². The minimum atomic E-state index is -0.237. The van der Waals surface area contributed by atoms with Gasteiger partial charge in [0.1, 0.15) is 0 Å². The van der Waals surface area contributed by atoms with Crippen LogP contribution in [0.1, 0.15) is 44.9 Å². The standard InChI is InChI=1S/C15H25NO2/c1-16(2)14(13-5-3-4-6-13)7-9-15(10-8-14)17-11-12-18-15/h5H,3-4,6-12H2,1-2H3. The Balaban J connectivity index is 1.77. The molecule has 102 valence electrons. The van der Waals surface area contributed by atoms with E-state index >= 15 is 0 Å². The molecule has 1 saturated carbocycles. The van der Waals surface area contributed by atoms with Crippen LogP contribution < -0.4 is 0 Å². The van der Waals surface area contributed by atoms with Crippen LogP contribution in [0.2, 0.25) is 0 Å². The molecule has 3 aliphatic rings. The summed E-state index contributed by atoms with van der Waals surface area (Å²) in [7, 11) is 4.46. The summed E-state index contributed by atoms with van der Waals surface area (Å²) in [5.74, 6) is -0.237. The van der Waals surface area contributed by atoms with Crippen molar-refractivity contribution in [2.75, 3.05) is 27.3 Å². The Kier molecular flexibility index (Phi) is 3.25. The summed E-state index contributed by atoms with van der Waals surface area (Å²) in [6, 6.07) is 0. The van der Waals surface area contributed by atoms with Crippen LogP contribution in [0.4, 0.5) is 0 Å². The van der Waals surface area contributed by atoms with E-state index in [2.05, 4.69) is 25.1 Å². The zero-order valence-corrected chi connectivity index (χ0v) is 11.7. The van der Waals surface area contributed by atoms with Gasteiger partial charge in [-0.1, -0.05) is 11.6 Å². The predicted molar refractivity (Wildman–Crippen MR) is 71.5 cm³/mol. The Morgan fingerprint density at radius 2 is 1.72 bits per heavy atom. The van der Waals surface area contributed by atoms with Gasteiger partial charge in [0.05, 0.1) is 13.2 Å². The number of ether oxygens (including phenoxy) is 2. The van der Waals surface area contributed by atoms with Crippen LogP contribution in [0, 0.1) is 0 Å². The van der Waals surface area contributed by atoms with E-state index in [9.17, 15) is 0 Å². The Bertz CT molecular complexity index is 332. The fourth-order valence-electron chi connectivity index (χ4n) is 3.98.